The first-order chi connectivity index (χ1) is 8.19. The molecule has 2 N–H and O–H groups in total. The SMILES string of the molecule is COCC(CCO)NC(C)c1ccccc1Br. The summed E-state index contributed by atoms with van der Waals surface area (Å²) in [5, 5.41) is 12.5. The molecular weight excluding hydrogens is 282 g/mol. The van der Waals surface area contributed by atoms with Crippen LogP contribution in [-0.2, 0) is 4.74 Å². The van der Waals surface area contributed by atoms with Crippen LogP contribution in [0.1, 0.15) is 24.9 Å². The van der Waals surface area contributed by atoms with Crippen LogP contribution < -0.4 is 5.32 Å². The first kappa shape index (κ1) is 14.6. The Morgan fingerprint density at radius 1 is 1.41 bits per heavy atom. The van der Waals surface area contributed by atoms with Gasteiger partial charge in [-0.3, -0.25) is 0 Å². The molecule has 0 aliphatic rings. The third kappa shape index (κ3) is 4.76. The van der Waals surface area contributed by atoms with Gasteiger partial charge in [0.2, 0.25) is 0 Å². The Kier molecular flexibility index (Phi) is 6.73. The highest BCUT2D eigenvalue weighted by Crippen LogP contribution is 2.23. The molecule has 4 heteroatoms. The molecule has 0 aromatic heterocycles. The van der Waals surface area contributed by atoms with Crippen molar-refractivity contribution in [2.24, 2.45) is 0 Å². The van der Waals surface area contributed by atoms with Crippen LogP contribution in [0.5, 0.6) is 0 Å². The van der Waals surface area contributed by atoms with Crippen LogP contribution in [0.3, 0.4) is 0 Å². The van der Waals surface area contributed by atoms with Crippen molar-refractivity contribution in [1.29, 1.82) is 0 Å². The lowest BCUT2D eigenvalue weighted by molar-refractivity contribution is 0.143. The lowest BCUT2D eigenvalue weighted by Gasteiger charge is -2.23. The quantitative estimate of drug-likeness (QED) is 0.813. The number of nitrogens with one attached hydrogen (secondary N) is 1. The molecule has 2 atom stereocenters. The maximum atomic E-state index is 9.00. The molecule has 3 nitrogen and oxygen atoms in total. The summed E-state index contributed by atoms with van der Waals surface area (Å²) < 4.78 is 6.24. The fraction of sp³-hybridized carbons (Fsp3) is 0.538. The van der Waals surface area contributed by atoms with Crippen molar-refractivity contribution in [3.8, 4) is 0 Å². The third-order valence-electron chi connectivity index (χ3n) is 2.70. The number of hydrogen-bond donors (Lipinski definition) is 2. The summed E-state index contributed by atoms with van der Waals surface area (Å²) in [5.74, 6) is 0. The number of ether oxygens (including phenoxy) is 1. The largest absolute Gasteiger partial charge is 0.396 e. The molecule has 0 aliphatic heterocycles. The number of hydrogen-bond acceptors (Lipinski definition) is 3. The van der Waals surface area contributed by atoms with E-state index in [1.54, 1.807) is 7.11 Å². The lowest BCUT2D eigenvalue weighted by atomic mass is 10.1. The summed E-state index contributed by atoms with van der Waals surface area (Å²) in [7, 11) is 1.68. The minimum atomic E-state index is 0.170. The molecule has 1 aromatic carbocycles. The fourth-order valence-corrected chi connectivity index (χ4v) is 2.47. The van der Waals surface area contributed by atoms with Crippen LogP contribution >= 0.6 is 15.9 Å². The van der Waals surface area contributed by atoms with Gasteiger partial charge in [0, 0.05) is 30.3 Å². The highest BCUT2D eigenvalue weighted by molar-refractivity contribution is 9.10. The Hall–Kier alpha value is -0.420. The number of rotatable bonds is 7. The van der Waals surface area contributed by atoms with Crippen molar-refractivity contribution >= 4 is 15.9 Å². The van der Waals surface area contributed by atoms with E-state index in [4.69, 9.17) is 9.84 Å². The number of aliphatic hydroxyl groups excluding tert-OH is 1. The number of aliphatic hydroxyl groups is 1. The van der Waals surface area contributed by atoms with Crippen molar-refractivity contribution in [1.82, 2.24) is 5.32 Å². The van der Waals surface area contributed by atoms with E-state index in [1.165, 1.54) is 5.56 Å². The standard InChI is InChI=1S/C13H20BrNO2/c1-10(12-5-3-4-6-13(12)14)15-11(7-8-16)9-17-2/h3-6,10-11,15-16H,7-9H2,1-2H3. The van der Waals surface area contributed by atoms with Gasteiger partial charge in [0.15, 0.2) is 0 Å². The van der Waals surface area contributed by atoms with Crippen molar-refractivity contribution in [3.63, 3.8) is 0 Å². The average molecular weight is 302 g/mol. The molecule has 0 saturated heterocycles. The molecule has 1 rings (SSSR count). The number of methoxy groups -OCH3 is 1. The molecule has 0 spiro atoms. The Bertz CT molecular complexity index is 327. The van der Waals surface area contributed by atoms with E-state index in [-0.39, 0.29) is 18.7 Å². The summed E-state index contributed by atoms with van der Waals surface area (Å²) in [5.41, 5.74) is 1.21. The van der Waals surface area contributed by atoms with E-state index < -0.39 is 0 Å². The van der Waals surface area contributed by atoms with Gasteiger partial charge < -0.3 is 15.2 Å². The van der Waals surface area contributed by atoms with Crippen LogP contribution in [0.2, 0.25) is 0 Å². The smallest absolute Gasteiger partial charge is 0.0616 e. The molecule has 0 amide bonds. The van der Waals surface area contributed by atoms with Crippen molar-refractivity contribution in [2.75, 3.05) is 20.3 Å². The number of benzene rings is 1. The van der Waals surface area contributed by atoms with Gasteiger partial charge >= 0.3 is 0 Å². The molecule has 0 radical (unpaired) electrons. The molecule has 17 heavy (non-hydrogen) atoms. The van der Waals surface area contributed by atoms with Crippen molar-refractivity contribution in [3.05, 3.63) is 34.3 Å². The minimum Gasteiger partial charge on any atom is -0.396 e. The van der Waals surface area contributed by atoms with Crippen LogP contribution in [0.15, 0.2) is 28.7 Å². The van der Waals surface area contributed by atoms with Gasteiger partial charge in [-0.1, -0.05) is 34.1 Å². The second kappa shape index (κ2) is 7.82. The van der Waals surface area contributed by atoms with Crippen LogP contribution in [0, 0.1) is 0 Å². The number of halogens is 1. The molecule has 2 unspecified atom stereocenters. The fourth-order valence-electron chi connectivity index (χ4n) is 1.84. The van der Waals surface area contributed by atoms with Gasteiger partial charge in [0.05, 0.1) is 6.61 Å². The first-order valence-electron chi connectivity index (χ1n) is 5.79. The van der Waals surface area contributed by atoms with Crippen molar-refractivity contribution in [2.45, 2.75) is 25.4 Å². The third-order valence-corrected chi connectivity index (χ3v) is 3.43. The maximum Gasteiger partial charge on any atom is 0.0616 e. The van der Waals surface area contributed by atoms with E-state index in [9.17, 15) is 0 Å². The Morgan fingerprint density at radius 3 is 2.71 bits per heavy atom. The van der Waals surface area contributed by atoms with E-state index >= 15 is 0 Å². The maximum absolute atomic E-state index is 9.00. The molecule has 0 aliphatic carbocycles. The van der Waals surface area contributed by atoms with Gasteiger partial charge in [-0.2, -0.15) is 0 Å². The zero-order valence-electron chi connectivity index (χ0n) is 10.3. The van der Waals surface area contributed by atoms with Crippen LogP contribution in [-0.4, -0.2) is 31.5 Å². The molecule has 0 bridgehead atoms. The summed E-state index contributed by atoms with van der Waals surface area (Å²) in [6.45, 7) is 2.89. The van der Waals surface area contributed by atoms with Crippen LogP contribution in [0.25, 0.3) is 0 Å². The van der Waals surface area contributed by atoms with Gasteiger partial charge in [0.25, 0.3) is 0 Å². The summed E-state index contributed by atoms with van der Waals surface area (Å²) in [6.07, 6.45) is 0.697. The van der Waals surface area contributed by atoms with Crippen LogP contribution in [0.4, 0.5) is 0 Å². The molecule has 1 aromatic rings. The van der Waals surface area contributed by atoms with E-state index in [1.807, 2.05) is 18.2 Å². The van der Waals surface area contributed by atoms with E-state index in [0.29, 0.717) is 13.0 Å². The van der Waals surface area contributed by atoms with Gasteiger partial charge in [0.1, 0.15) is 0 Å². The lowest BCUT2D eigenvalue weighted by Crippen LogP contribution is -2.36. The zero-order valence-corrected chi connectivity index (χ0v) is 11.9. The Labute approximate surface area is 111 Å². The molecule has 0 saturated carbocycles. The Morgan fingerprint density at radius 2 is 2.12 bits per heavy atom. The monoisotopic (exact) mass is 301 g/mol. The normalized spacial score (nSPS) is 14.6. The summed E-state index contributed by atoms with van der Waals surface area (Å²) >= 11 is 3.54. The Balaban J connectivity index is 2.63. The molecule has 0 heterocycles. The van der Waals surface area contributed by atoms with Crippen molar-refractivity contribution < 1.29 is 9.84 Å². The van der Waals surface area contributed by atoms with E-state index in [2.05, 4.69) is 34.2 Å². The predicted molar refractivity (Wildman–Crippen MR) is 73.1 cm³/mol. The average Bonchev–Trinajstić information content (AvgIpc) is 2.30. The molecular formula is C13H20BrNO2. The highest BCUT2D eigenvalue weighted by atomic mass is 79.9. The molecule has 96 valence electrons. The topological polar surface area (TPSA) is 41.5 Å². The highest BCUT2D eigenvalue weighted by Gasteiger charge is 2.14. The van der Waals surface area contributed by atoms with Gasteiger partial charge in [-0.05, 0) is 25.0 Å². The second-order valence-corrected chi connectivity index (χ2v) is 4.93. The van der Waals surface area contributed by atoms with Gasteiger partial charge in [-0.25, -0.2) is 0 Å². The summed E-state index contributed by atoms with van der Waals surface area (Å²) in [6, 6.07) is 8.54. The van der Waals surface area contributed by atoms with E-state index in [0.717, 1.165) is 4.47 Å². The summed E-state index contributed by atoms with van der Waals surface area (Å²) in [4.78, 5) is 0. The minimum absolute atomic E-state index is 0.170. The first-order valence-corrected chi connectivity index (χ1v) is 6.58. The predicted octanol–water partition coefficient (Wildman–Crippen LogP) is 2.50. The molecule has 0 fully saturated rings. The second-order valence-electron chi connectivity index (χ2n) is 4.07. The zero-order chi connectivity index (χ0) is 12.7. The van der Waals surface area contributed by atoms with Gasteiger partial charge in [-0.15, -0.1) is 0 Å².